The van der Waals surface area contributed by atoms with Crippen molar-refractivity contribution in [2.24, 2.45) is 5.10 Å². The molecule has 0 fully saturated rings. The molecule has 0 bridgehead atoms. The average molecular weight is 563 g/mol. The van der Waals surface area contributed by atoms with E-state index < -0.39 is 0 Å². The number of nitrogens with zero attached hydrogens (tertiary/aromatic N) is 5. The summed E-state index contributed by atoms with van der Waals surface area (Å²) in [6.07, 6.45) is 1.50. The van der Waals surface area contributed by atoms with Gasteiger partial charge in [-0.3, -0.25) is 0 Å². The van der Waals surface area contributed by atoms with Gasteiger partial charge in [-0.25, -0.2) is 5.43 Å². The minimum absolute atomic E-state index is 0.0931. The van der Waals surface area contributed by atoms with E-state index in [0.717, 1.165) is 34.4 Å². The first-order valence-corrected chi connectivity index (χ1v) is 11.7. The second kappa shape index (κ2) is 10.7. The maximum Gasteiger partial charge on any atom is 0.250 e. The van der Waals surface area contributed by atoms with Crippen molar-refractivity contribution in [1.82, 2.24) is 15.0 Å². The Morgan fingerprint density at radius 3 is 2.47 bits per heavy atom. The lowest BCUT2D eigenvalue weighted by Crippen LogP contribution is -2.25. The van der Waals surface area contributed by atoms with Gasteiger partial charge in [-0.15, -0.1) is 0 Å². The number of anilines is 4. The third kappa shape index (κ3) is 5.95. The highest BCUT2D eigenvalue weighted by Crippen LogP contribution is 2.30. The first-order valence-electron chi connectivity index (χ1n) is 10.1. The van der Waals surface area contributed by atoms with Crippen LogP contribution >= 0.6 is 31.9 Å². The Morgan fingerprint density at radius 2 is 1.75 bits per heavy atom. The van der Waals surface area contributed by atoms with Crippen LogP contribution in [0.3, 0.4) is 0 Å². The average Bonchev–Trinajstić information content (AvgIpc) is 2.75. The van der Waals surface area contributed by atoms with Gasteiger partial charge in [0.05, 0.1) is 10.7 Å². The van der Waals surface area contributed by atoms with E-state index in [0.29, 0.717) is 27.9 Å². The smallest absolute Gasteiger partial charge is 0.250 e. The van der Waals surface area contributed by atoms with Crippen LogP contribution in [0.4, 0.5) is 23.5 Å². The van der Waals surface area contributed by atoms with Gasteiger partial charge in [0, 0.05) is 28.8 Å². The summed E-state index contributed by atoms with van der Waals surface area (Å²) in [5.41, 5.74) is 6.54. The predicted molar refractivity (Wildman–Crippen MR) is 137 cm³/mol. The van der Waals surface area contributed by atoms with Crippen molar-refractivity contribution in [3.8, 4) is 5.75 Å². The van der Waals surface area contributed by atoms with E-state index in [4.69, 9.17) is 0 Å². The number of aromatic hydroxyl groups is 1. The monoisotopic (exact) mass is 561 g/mol. The van der Waals surface area contributed by atoms with E-state index in [-0.39, 0.29) is 5.75 Å². The van der Waals surface area contributed by atoms with Crippen molar-refractivity contribution in [2.75, 3.05) is 28.7 Å². The fraction of sp³-hybridized carbons (Fsp3) is 0.273. The summed E-state index contributed by atoms with van der Waals surface area (Å²) >= 11 is 6.73. The molecule has 8 nitrogen and oxygen atoms in total. The lowest BCUT2D eigenvalue weighted by Gasteiger charge is -2.19. The normalized spacial score (nSPS) is 11.1. The van der Waals surface area contributed by atoms with Crippen LogP contribution in [0.5, 0.6) is 5.75 Å². The molecule has 0 unspecified atom stereocenters. The largest absolute Gasteiger partial charge is 0.506 e. The van der Waals surface area contributed by atoms with Gasteiger partial charge in [-0.1, -0.05) is 28.1 Å². The standard InChI is InChI=1S/C22H25Br2N7O/c1-5-31(6-2)22-28-20(26-18-9-13(3)7-8-14(18)4)27-21(29-22)30-25-12-15-10-16(23)11-17(24)19(15)32/h7-12,32H,5-6H2,1-4H3,(H2,26,27,28,29,30)/b25-12+. The van der Waals surface area contributed by atoms with Crippen LogP contribution in [0.25, 0.3) is 0 Å². The molecule has 32 heavy (non-hydrogen) atoms. The highest BCUT2D eigenvalue weighted by Gasteiger charge is 2.12. The van der Waals surface area contributed by atoms with Crippen molar-refractivity contribution < 1.29 is 5.11 Å². The van der Waals surface area contributed by atoms with Gasteiger partial charge >= 0.3 is 0 Å². The van der Waals surface area contributed by atoms with Crippen molar-refractivity contribution in [2.45, 2.75) is 27.7 Å². The second-order valence-electron chi connectivity index (χ2n) is 7.09. The molecule has 0 aliphatic heterocycles. The summed E-state index contributed by atoms with van der Waals surface area (Å²) in [7, 11) is 0. The Morgan fingerprint density at radius 1 is 1.03 bits per heavy atom. The molecule has 10 heteroatoms. The molecule has 3 N–H and O–H groups in total. The zero-order chi connectivity index (χ0) is 23.3. The molecule has 1 heterocycles. The molecule has 0 aliphatic rings. The number of hydrogen-bond donors (Lipinski definition) is 3. The van der Waals surface area contributed by atoms with Gasteiger partial charge in [-0.05, 0) is 73.0 Å². The first-order chi connectivity index (χ1) is 15.3. The zero-order valence-corrected chi connectivity index (χ0v) is 21.5. The number of halogens is 2. The number of nitrogens with one attached hydrogen (secondary N) is 2. The van der Waals surface area contributed by atoms with Crippen LogP contribution in [0, 0.1) is 13.8 Å². The van der Waals surface area contributed by atoms with Gasteiger partial charge < -0.3 is 15.3 Å². The van der Waals surface area contributed by atoms with Crippen LogP contribution in [-0.4, -0.2) is 39.4 Å². The minimum atomic E-state index is 0.0931. The summed E-state index contributed by atoms with van der Waals surface area (Å²) in [4.78, 5) is 15.6. The molecule has 3 aromatic rings. The third-order valence-electron chi connectivity index (χ3n) is 4.74. The highest BCUT2D eigenvalue weighted by atomic mass is 79.9. The summed E-state index contributed by atoms with van der Waals surface area (Å²) in [6.45, 7) is 9.67. The topological polar surface area (TPSA) is 98.6 Å². The van der Waals surface area contributed by atoms with E-state index in [9.17, 15) is 5.11 Å². The Bertz CT molecular complexity index is 1130. The Balaban J connectivity index is 1.91. The van der Waals surface area contributed by atoms with Crippen LogP contribution < -0.4 is 15.6 Å². The number of rotatable bonds is 8. The molecule has 0 saturated carbocycles. The van der Waals surface area contributed by atoms with E-state index in [1.54, 1.807) is 12.1 Å². The molecule has 2 aromatic carbocycles. The molecule has 0 saturated heterocycles. The molecule has 1 aromatic heterocycles. The molecular formula is C22H25Br2N7O. The Hall–Kier alpha value is -2.72. The quantitative estimate of drug-likeness (QED) is 0.237. The van der Waals surface area contributed by atoms with Crippen molar-refractivity contribution in [3.63, 3.8) is 0 Å². The first kappa shape index (κ1) is 23.9. The molecule has 0 spiro atoms. The Kier molecular flexibility index (Phi) is 8.03. The number of hydrazone groups is 1. The zero-order valence-electron chi connectivity index (χ0n) is 18.3. The highest BCUT2D eigenvalue weighted by molar-refractivity contribution is 9.11. The number of phenols is 1. The molecule has 0 amide bonds. The van der Waals surface area contributed by atoms with E-state index >= 15 is 0 Å². The number of benzene rings is 2. The fourth-order valence-corrected chi connectivity index (χ4v) is 4.21. The summed E-state index contributed by atoms with van der Waals surface area (Å²) < 4.78 is 1.38. The number of aryl methyl sites for hydroxylation is 2. The van der Waals surface area contributed by atoms with Crippen LogP contribution in [0.2, 0.25) is 0 Å². The predicted octanol–water partition coefficient (Wildman–Crippen LogP) is 5.75. The number of hydrogen-bond acceptors (Lipinski definition) is 8. The molecule has 0 radical (unpaired) electrons. The number of aromatic nitrogens is 3. The van der Waals surface area contributed by atoms with E-state index in [1.807, 2.05) is 32.6 Å². The lowest BCUT2D eigenvalue weighted by atomic mass is 10.1. The van der Waals surface area contributed by atoms with E-state index in [1.165, 1.54) is 6.21 Å². The molecule has 0 aliphatic carbocycles. The van der Waals surface area contributed by atoms with Gasteiger partial charge in [0.2, 0.25) is 17.8 Å². The van der Waals surface area contributed by atoms with E-state index in [2.05, 4.69) is 80.9 Å². The minimum Gasteiger partial charge on any atom is -0.506 e. The Labute approximate surface area is 204 Å². The summed E-state index contributed by atoms with van der Waals surface area (Å²) in [5, 5.41) is 17.7. The van der Waals surface area contributed by atoms with Crippen LogP contribution in [0.15, 0.2) is 44.4 Å². The van der Waals surface area contributed by atoms with Crippen LogP contribution in [0.1, 0.15) is 30.5 Å². The second-order valence-corrected chi connectivity index (χ2v) is 8.86. The van der Waals surface area contributed by atoms with Gasteiger partial charge in [-0.2, -0.15) is 20.1 Å². The van der Waals surface area contributed by atoms with Gasteiger partial charge in [0.1, 0.15) is 5.75 Å². The van der Waals surface area contributed by atoms with Crippen molar-refractivity contribution >= 4 is 61.6 Å². The molecule has 168 valence electrons. The summed E-state index contributed by atoms with van der Waals surface area (Å²) in [5.74, 6) is 1.35. The maximum absolute atomic E-state index is 10.2. The molecule has 0 atom stereocenters. The van der Waals surface area contributed by atoms with Crippen molar-refractivity contribution in [3.05, 3.63) is 56.0 Å². The molecule has 3 rings (SSSR count). The summed E-state index contributed by atoms with van der Waals surface area (Å²) in [6, 6.07) is 9.68. The van der Waals surface area contributed by atoms with Gasteiger partial charge in [0.25, 0.3) is 0 Å². The maximum atomic E-state index is 10.2. The SMILES string of the molecule is CCN(CC)c1nc(N/N=C/c2cc(Br)cc(Br)c2O)nc(Nc2cc(C)ccc2C)n1. The number of phenolic OH excluding ortho intramolecular Hbond substituents is 1. The molecular weight excluding hydrogens is 538 g/mol. The fourth-order valence-electron chi connectivity index (χ4n) is 2.95. The van der Waals surface area contributed by atoms with Crippen molar-refractivity contribution in [1.29, 1.82) is 0 Å². The van der Waals surface area contributed by atoms with Crippen LogP contribution in [-0.2, 0) is 0 Å². The lowest BCUT2D eigenvalue weighted by molar-refractivity contribution is 0.471. The third-order valence-corrected chi connectivity index (χ3v) is 5.80. The van der Waals surface area contributed by atoms with Gasteiger partial charge in [0.15, 0.2) is 0 Å².